The molecule has 0 saturated carbocycles. The number of cyclic esters (lactones) is 1. The molecule has 0 bridgehead atoms. The Kier molecular flexibility index (Phi) is 15.9. The van der Waals surface area contributed by atoms with Crippen LogP contribution in [0, 0.1) is 11.8 Å². The van der Waals surface area contributed by atoms with Crippen molar-refractivity contribution in [2.75, 3.05) is 38.3 Å². The van der Waals surface area contributed by atoms with Gasteiger partial charge >= 0.3 is 11.9 Å². The molecule has 302 valence electrons. The van der Waals surface area contributed by atoms with Crippen LogP contribution in [0.25, 0.3) is 0 Å². The maximum atomic E-state index is 12.9. The fraction of sp³-hybridized carbons (Fsp3) is 0.667. The van der Waals surface area contributed by atoms with Gasteiger partial charge in [-0.15, -0.1) is 0 Å². The molecule has 4 N–H and O–H groups in total. The second-order valence-electron chi connectivity index (χ2n) is 15.7. The van der Waals surface area contributed by atoms with Crippen molar-refractivity contribution in [3.8, 4) is 0 Å². The number of esters is 2. The van der Waals surface area contributed by atoms with E-state index in [-0.39, 0.29) is 49.4 Å². The minimum absolute atomic E-state index is 0.0284. The van der Waals surface area contributed by atoms with Crippen LogP contribution in [-0.2, 0) is 39.8 Å². The zero-order chi connectivity index (χ0) is 39.6. The molecular formula is C42H64N2O10. The van der Waals surface area contributed by atoms with Gasteiger partial charge in [-0.25, -0.2) is 0 Å². The van der Waals surface area contributed by atoms with Crippen LogP contribution in [0.5, 0.6) is 0 Å². The molecule has 0 spiro atoms. The molecule has 0 radical (unpaired) electrons. The first kappa shape index (κ1) is 43.6. The third kappa shape index (κ3) is 12.2. The number of carbonyl (C=O) groups excluding carboxylic acids is 2. The molecule has 3 unspecified atom stereocenters. The quantitative estimate of drug-likeness (QED) is 0.0920. The van der Waals surface area contributed by atoms with E-state index in [4.69, 9.17) is 23.7 Å². The topological polar surface area (TPSA) is 160 Å². The Balaban J connectivity index is 1.55. The predicted octanol–water partition coefficient (Wildman–Crippen LogP) is 4.40. The summed E-state index contributed by atoms with van der Waals surface area (Å²) in [5.41, 5.74) is 0.125. The summed E-state index contributed by atoms with van der Waals surface area (Å²) in [6.45, 7) is 16.2. The molecule has 12 heteroatoms. The van der Waals surface area contributed by atoms with Gasteiger partial charge in [-0.1, -0.05) is 57.2 Å². The number of epoxide rings is 1. The van der Waals surface area contributed by atoms with Gasteiger partial charge in [0.25, 0.3) is 0 Å². The highest BCUT2D eigenvalue weighted by Gasteiger charge is 2.54. The van der Waals surface area contributed by atoms with E-state index < -0.39 is 47.5 Å². The van der Waals surface area contributed by atoms with Crippen molar-refractivity contribution in [3.63, 3.8) is 0 Å². The van der Waals surface area contributed by atoms with Crippen molar-refractivity contribution in [2.24, 2.45) is 11.8 Å². The average Bonchev–Trinajstić information content (AvgIpc) is 3.92. The van der Waals surface area contributed by atoms with Gasteiger partial charge in [0.1, 0.15) is 23.9 Å². The Bertz CT molecular complexity index is 1450. The molecule has 2 saturated heterocycles. The number of hydrogen-bond acceptors (Lipinski definition) is 12. The van der Waals surface area contributed by atoms with Crippen LogP contribution < -0.4 is 10.2 Å². The smallest absolute Gasteiger partial charge is 0.309 e. The third-order valence-electron chi connectivity index (χ3n) is 11.0. The van der Waals surface area contributed by atoms with E-state index in [1.807, 2.05) is 13.8 Å². The van der Waals surface area contributed by atoms with Crippen molar-refractivity contribution in [1.82, 2.24) is 5.32 Å². The van der Waals surface area contributed by atoms with Crippen LogP contribution >= 0.6 is 0 Å². The van der Waals surface area contributed by atoms with Gasteiger partial charge in [0.05, 0.1) is 49.6 Å². The lowest BCUT2D eigenvalue weighted by molar-refractivity contribution is -0.157. The molecule has 3 heterocycles. The van der Waals surface area contributed by atoms with E-state index in [9.17, 15) is 24.9 Å². The number of carbonyl (C=O) groups is 2. The van der Waals surface area contributed by atoms with Gasteiger partial charge in [-0.2, -0.15) is 0 Å². The number of nitrogens with zero attached hydrogens (tertiary/aromatic N) is 1. The Labute approximate surface area is 321 Å². The summed E-state index contributed by atoms with van der Waals surface area (Å²) in [6.07, 6.45) is 6.43. The van der Waals surface area contributed by atoms with Crippen molar-refractivity contribution >= 4 is 17.6 Å². The number of benzene rings is 1. The Morgan fingerprint density at radius 3 is 2.48 bits per heavy atom. The highest BCUT2D eigenvalue weighted by atomic mass is 16.6. The van der Waals surface area contributed by atoms with Crippen LogP contribution in [0.2, 0.25) is 0 Å². The van der Waals surface area contributed by atoms with Crippen molar-refractivity contribution in [2.45, 2.75) is 135 Å². The molecule has 3 aliphatic rings. The summed E-state index contributed by atoms with van der Waals surface area (Å²) < 4.78 is 28.8. The number of anilines is 1. The molecular weight excluding hydrogens is 692 g/mol. The van der Waals surface area contributed by atoms with Crippen molar-refractivity contribution in [3.05, 3.63) is 65.8 Å². The Morgan fingerprint density at radius 1 is 1.17 bits per heavy atom. The summed E-state index contributed by atoms with van der Waals surface area (Å²) in [5.74, 6) is -1.37. The lowest BCUT2D eigenvalue weighted by Gasteiger charge is -2.32. The fourth-order valence-electron chi connectivity index (χ4n) is 7.54. The summed E-state index contributed by atoms with van der Waals surface area (Å²) in [7, 11) is 1.71. The lowest BCUT2D eigenvalue weighted by atomic mass is 9.87. The zero-order valence-corrected chi connectivity index (χ0v) is 33.4. The van der Waals surface area contributed by atoms with E-state index in [2.05, 4.69) is 48.3 Å². The van der Waals surface area contributed by atoms with Crippen molar-refractivity contribution in [1.29, 1.82) is 0 Å². The molecule has 1 aromatic carbocycles. The molecule has 11 atom stereocenters. The second-order valence-corrected chi connectivity index (χ2v) is 15.7. The van der Waals surface area contributed by atoms with Gasteiger partial charge in [-0.3, -0.25) is 9.59 Å². The Morgan fingerprint density at radius 2 is 1.85 bits per heavy atom. The fourth-order valence-corrected chi connectivity index (χ4v) is 7.54. The first-order chi connectivity index (χ1) is 25.6. The minimum atomic E-state index is -1.46. The summed E-state index contributed by atoms with van der Waals surface area (Å²) in [6, 6.07) is 7.99. The Hall–Kier alpha value is -3.10. The van der Waals surface area contributed by atoms with Gasteiger partial charge in [0, 0.05) is 51.2 Å². The maximum absolute atomic E-state index is 12.9. The highest BCUT2D eigenvalue weighted by molar-refractivity contribution is 5.70. The molecule has 12 nitrogen and oxygen atoms in total. The van der Waals surface area contributed by atoms with Crippen LogP contribution in [0.1, 0.15) is 79.7 Å². The number of ether oxygens (including phenoxy) is 5. The van der Waals surface area contributed by atoms with Crippen LogP contribution in [0.4, 0.5) is 5.69 Å². The normalized spacial score (nSPS) is 31.4. The van der Waals surface area contributed by atoms with Crippen LogP contribution in [0.15, 0.2) is 60.2 Å². The van der Waals surface area contributed by atoms with Crippen LogP contribution in [0.3, 0.4) is 0 Å². The maximum Gasteiger partial charge on any atom is 0.309 e. The SMILES string of the molecule is CC[C@H](OC)[C@@H](C)[C@H]1O[C@@H]1C(NCc1ccc(N2CCOCC2)cc1)C(C)(O)C=CC=C(C)C1OC(=O)C[C@H](O)CC[C@@](C)(O)[C@@H](OC(C)=O)C=C[C@@H]1C. The summed E-state index contributed by atoms with van der Waals surface area (Å²) >= 11 is 0. The highest BCUT2D eigenvalue weighted by Crippen LogP contribution is 2.39. The van der Waals surface area contributed by atoms with E-state index in [0.717, 1.165) is 44.0 Å². The average molecular weight is 757 g/mol. The number of allylic oxidation sites excluding steroid dienone is 2. The summed E-state index contributed by atoms with van der Waals surface area (Å²) in [4.78, 5) is 27.1. The van der Waals surface area contributed by atoms with E-state index in [1.54, 1.807) is 51.3 Å². The molecule has 0 amide bonds. The van der Waals surface area contributed by atoms with Crippen molar-refractivity contribution < 1.29 is 48.6 Å². The molecule has 54 heavy (non-hydrogen) atoms. The zero-order valence-electron chi connectivity index (χ0n) is 33.4. The number of morpholine rings is 1. The van der Waals surface area contributed by atoms with Gasteiger partial charge < -0.3 is 49.2 Å². The second kappa shape index (κ2) is 19.7. The number of aliphatic hydroxyl groups excluding tert-OH is 1. The van der Waals surface area contributed by atoms with Gasteiger partial charge in [0.2, 0.25) is 0 Å². The predicted molar refractivity (Wildman–Crippen MR) is 207 cm³/mol. The molecule has 4 rings (SSSR count). The molecule has 3 aliphatic heterocycles. The van der Waals surface area contributed by atoms with Gasteiger partial charge in [-0.05, 0) is 69.4 Å². The largest absolute Gasteiger partial charge is 0.457 e. The minimum Gasteiger partial charge on any atom is -0.457 e. The lowest BCUT2D eigenvalue weighted by Crippen LogP contribution is -2.52. The molecule has 2 fully saturated rings. The first-order valence-electron chi connectivity index (χ1n) is 19.4. The first-order valence-corrected chi connectivity index (χ1v) is 19.4. The molecule has 0 aliphatic carbocycles. The van der Waals surface area contributed by atoms with E-state index in [1.165, 1.54) is 6.92 Å². The third-order valence-corrected chi connectivity index (χ3v) is 11.0. The molecule has 1 aromatic rings. The number of aliphatic hydroxyl groups is 3. The van der Waals surface area contributed by atoms with Crippen LogP contribution in [-0.4, -0.2) is 115 Å². The molecule has 0 aromatic heterocycles. The number of nitrogens with one attached hydrogen (secondary N) is 1. The standard InChI is InChI=1S/C42H64N2O10/c1-9-34(50-8)29(4)38-39(54-38)40(43-26-31-13-15-32(16-14-31)44-21-23-51-24-22-44)42(7,49)19-10-11-27(2)37-28(3)12-17-35(52-30(5)45)41(6,48)20-18-33(46)25-36(47)53-37/h10-17,19,28-29,33-35,37-40,43,46,48-49H,9,18,20-26H2,1-8H3/t28-,29+,33+,34-,35-,37?,38+,39-,40?,41+,42?/m0/s1. The van der Waals surface area contributed by atoms with E-state index >= 15 is 0 Å². The number of methoxy groups -OCH3 is 1. The van der Waals surface area contributed by atoms with E-state index in [0.29, 0.717) is 12.1 Å². The van der Waals surface area contributed by atoms with Gasteiger partial charge in [0.15, 0.2) is 0 Å². The monoisotopic (exact) mass is 756 g/mol. The summed E-state index contributed by atoms with van der Waals surface area (Å²) in [5, 5.41) is 37.3. The number of hydrogen-bond donors (Lipinski definition) is 4. The number of rotatable bonds is 14.